The van der Waals surface area contributed by atoms with Gasteiger partial charge >= 0.3 is 0 Å². The lowest BCUT2D eigenvalue weighted by Gasteiger charge is -2.43. The van der Waals surface area contributed by atoms with Crippen LogP contribution in [0.2, 0.25) is 0 Å². The summed E-state index contributed by atoms with van der Waals surface area (Å²) in [5.41, 5.74) is 0.763. The SMILES string of the molecule is CC(C)C[C@H]1CN(C(=O)c2ccc(-c3nnn(C)n3)cc2)CC[C@@]1(C)O. The molecule has 140 valence electrons. The molecule has 0 spiro atoms. The van der Waals surface area contributed by atoms with Crippen molar-refractivity contribution >= 4 is 5.91 Å². The van der Waals surface area contributed by atoms with Gasteiger partial charge in [-0.25, -0.2) is 0 Å². The molecule has 1 saturated heterocycles. The number of piperidine rings is 1. The highest BCUT2D eigenvalue weighted by atomic mass is 16.3. The largest absolute Gasteiger partial charge is 0.390 e. The Labute approximate surface area is 154 Å². The molecule has 1 aliphatic heterocycles. The highest BCUT2D eigenvalue weighted by molar-refractivity contribution is 5.94. The zero-order valence-electron chi connectivity index (χ0n) is 15.9. The molecule has 0 saturated carbocycles. The predicted octanol–water partition coefficient (Wildman–Crippen LogP) is 2.14. The minimum Gasteiger partial charge on any atom is -0.390 e. The summed E-state index contributed by atoms with van der Waals surface area (Å²) in [4.78, 5) is 16.2. The number of likely N-dealkylation sites (tertiary alicyclic amines) is 1. The van der Waals surface area contributed by atoms with Gasteiger partial charge < -0.3 is 10.0 Å². The van der Waals surface area contributed by atoms with Crippen LogP contribution in [0, 0.1) is 11.8 Å². The normalized spacial score (nSPS) is 23.5. The molecule has 1 amide bonds. The van der Waals surface area contributed by atoms with Gasteiger partial charge in [0, 0.05) is 30.1 Å². The van der Waals surface area contributed by atoms with Crippen LogP contribution in [-0.4, -0.2) is 54.8 Å². The molecule has 0 unspecified atom stereocenters. The first-order valence-electron chi connectivity index (χ1n) is 9.12. The summed E-state index contributed by atoms with van der Waals surface area (Å²) >= 11 is 0. The van der Waals surface area contributed by atoms with Gasteiger partial charge in [0.1, 0.15) is 0 Å². The van der Waals surface area contributed by atoms with Crippen molar-refractivity contribution in [1.29, 1.82) is 0 Å². The van der Waals surface area contributed by atoms with Crippen molar-refractivity contribution in [1.82, 2.24) is 25.1 Å². The molecule has 0 radical (unpaired) electrons. The summed E-state index contributed by atoms with van der Waals surface area (Å²) in [5.74, 6) is 1.13. The van der Waals surface area contributed by atoms with Crippen LogP contribution < -0.4 is 0 Å². The number of carbonyl (C=O) groups excluding carboxylic acids is 1. The van der Waals surface area contributed by atoms with E-state index in [0.29, 0.717) is 36.8 Å². The number of aromatic nitrogens is 4. The van der Waals surface area contributed by atoms with E-state index in [1.807, 2.05) is 24.0 Å². The van der Waals surface area contributed by atoms with Crippen molar-refractivity contribution < 1.29 is 9.90 Å². The molecule has 1 fully saturated rings. The van der Waals surface area contributed by atoms with Gasteiger partial charge in [-0.2, -0.15) is 4.80 Å². The van der Waals surface area contributed by atoms with Crippen LogP contribution in [0.3, 0.4) is 0 Å². The Balaban J connectivity index is 1.72. The average Bonchev–Trinajstić information content (AvgIpc) is 3.02. The van der Waals surface area contributed by atoms with Crippen LogP contribution in [0.5, 0.6) is 0 Å². The van der Waals surface area contributed by atoms with Crippen LogP contribution >= 0.6 is 0 Å². The molecular formula is C19H27N5O2. The Hall–Kier alpha value is -2.28. The van der Waals surface area contributed by atoms with Gasteiger partial charge in [0.25, 0.3) is 5.91 Å². The lowest BCUT2D eigenvalue weighted by molar-refractivity contribution is -0.0577. The summed E-state index contributed by atoms with van der Waals surface area (Å²) in [7, 11) is 1.72. The van der Waals surface area contributed by atoms with Gasteiger partial charge in [0.2, 0.25) is 5.82 Å². The number of rotatable bonds is 4. The Morgan fingerprint density at radius 3 is 2.62 bits per heavy atom. The van der Waals surface area contributed by atoms with Crippen molar-refractivity contribution in [3.05, 3.63) is 29.8 Å². The summed E-state index contributed by atoms with van der Waals surface area (Å²) in [6, 6.07) is 7.29. The molecule has 1 aromatic heterocycles. The molecular weight excluding hydrogens is 330 g/mol. The van der Waals surface area contributed by atoms with E-state index in [1.165, 1.54) is 4.80 Å². The number of aliphatic hydroxyl groups is 1. The molecule has 2 atom stereocenters. The third-order valence-electron chi connectivity index (χ3n) is 5.15. The zero-order chi connectivity index (χ0) is 18.9. The molecule has 1 aromatic carbocycles. The number of benzene rings is 1. The van der Waals surface area contributed by atoms with E-state index >= 15 is 0 Å². The summed E-state index contributed by atoms with van der Waals surface area (Å²) < 4.78 is 0. The Kier molecular flexibility index (Phi) is 5.09. The number of nitrogens with zero attached hydrogens (tertiary/aromatic N) is 5. The second-order valence-corrected chi connectivity index (χ2v) is 7.86. The molecule has 0 bridgehead atoms. The fourth-order valence-electron chi connectivity index (χ4n) is 3.55. The smallest absolute Gasteiger partial charge is 0.253 e. The maximum atomic E-state index is 12.9. The third-order valence-corrected chi connectivity index (χ3v) is 5.15. The zero-order valence-corrected chi connectivity index (χ0v) is 15.9. The standard InChI is InChI=1S/C19H27N5O2/c1-13(2)11-16-12-24(10-9-19(16,3)26)18(25)15-7-5-14(6-8-15)17-20-22-23(4)21-17/h5-8,13,16,26H,9-12H2,1-4H3/t16-,19+/m0/s1. The van der Waals surface area contributed by atoms with E-state index in [4.69, 9.17) is 0 Å². The maximum Gasteiger partial charge on any atom is 0.253 e. The van der Waals surface area contributed by atoms with Gasteiger partial charge in [-0.3, -0.25) is 4.79 Å². The number of carbonyl (C=O) groups is 1. The average molecular weight is 357 g/mol. The number of hydrogen-bond acceptors (Lipinski definition) is 5. The molecule has 26 heavy (non-hydrogen) atoms. The Morgan fingerprint density at radius 1 is 1.35 bits per heavy atom. The highest BCUT2D eigenvalue weighted by Gasteiger charge is 2.39. The van der Waals surface area contributed by atoms with Crippen LogP contribution in [-0.2, 0) is 7.05 Å². The number of hydrogen-bond donors (Lipinski definition) is 1. The number of aryl methyl sites for hydroxylation is 1. The Morgan fingerprint density at radius 2 is 2.04 bits per heavy atom. The van der Waals surface area contributed by atoms with Crippen molar-refractivity contribution in [3.8, 4) is 11.4 Å². The second kappa shape index (κ2) is 7.15. The fourth-order valence-corrected chi connectivity index (χ4v) is 3.55. The van der Waals surface area contributed by atoms with Crippen molar-refractivity contribution in [2.45, 2.75) is 39.2 Å². The van der Waals surface area contributed by atoms with Gasteiger partial charge in [0.15, 0.2) is 0 Å². The first-order valence-corrected chi connectivity index (χ1v) is 9.12. The van der Waals surface area contributed by atoms with E-state index in [-0.39, 0.29) is 11.8 Å². The van der Waals surface area contributed by atoms with Gasteiger partial charge in [0.05, 0.1) is 12.6 Å². The van der Waals surface area contributed by atoms with Crippen LogP contribution in [0.25, 0.3) is 11.4 Å². The third kappa shape index (κ3) is 3.93. The molecule has 7 nitrogen and oxygen atoms in total. The summed E-state index contributed by atoms with van der Waals surface area (Å²) in [5, 5.41) is 22.6. The molecule has 3 rings (SSSR count). The van der Waals surface area contributed by atoms with E-state index < -0.39 is 5.60 Å². The van der Waals surface area contributed by atoms with Crippen molar-refractivity contribution in [2.24, 2.45) is 18.9 Å². The highest BCUT2D eigenvalue weighted by Crippen LogP contribution is 2.33. The first kappa shape index (κ1) is 18.5. The van der Waals surface area contributed by atoms with E-state index in [0.717, 1.165) is 12.0 Å². The fraction of sp³-hybridized carbons (Fsp3) is 0.579. The number of amides is 1. The van der Waals surface area contributed by atoms with Gasteiger partial charge in [-0.05, 0) is 43.0 Å². The molecule has 0 aliphatic carbocycles. The van der Waals surface area contributed by atoms with E-state index in [9.17, 15) is 9.90 Å². The monoisotopic (exact) mass is 357 g/mol. The minimum absolute atomic E-state index is 0.00733. The van der Waals surface area contributed by atoms with Crippen molar-refractivity contribution in [2.75, 3.05) is 13.1 Å². The first-order chi connectivity index (χ1) is 12.3. The van der Waals surface area contributed by atoms with Gasteiger partial charge in [-0.1, -0.05) is 26.0 Å². The maximum absolute atomic E-state index is 12.9. The Bertz CT molecular complexity index is 766. The lowest BCUT2D eigenvalue weighted by atomic mass is 9.78. The topological polar surface area (TPSA) is 84.1 Å². The van der Waals surface area contributed by atoms with Crippen LogP contribution in [0.4, 0.5) is 0 Å². The molecule has 2 aromatic rings. The lowest BCUT2D eigenvalue weighted by Crippen LogP contribution is -2.52. The number of tetrazole rings is 1. The minimum atomic E-state index is -0.706. The molecule has 7 heteroatoms. The van der Waals surface area contributed by atoms with E-state index in [2.05, 4.69) is 29.3 Å². The van der Waals surface area contributed by atoms with Crippen molar-refractivity contribution in [3.63, 3.8) is 0 Å². The molecule has 1 N–H and O–H groups in total. The van der Waals surface area contributed by atoms with Crippen LogP contribution in [0.1, 0.15) is 44.0 Å². The molecule has 2 heterocycles. The molecule has 1 aliphatic rings. The predicted molar refractivity (Wildman–Crippen MR) is 98.3 cm³/mol. The van der Waals surface area contributed by atoms with E-state index in [1.54, 1.807) is 19.2 Å². The summed E-state index contributed by atoms with van der Waals surface area (Å²) in [6.45, 7) is 7.36. The summed E-state index contributed by atoms with van der Waals surface area (Å²) in [6.07, 6.45) is 1.52. The van der Waals surface area contributed by atoms with Crippen LogP contribution in [0.15, 0.2) is 24.3 Å². The quantitative estimate of drug-likeness (QED) is 0.906. The van der Waals surface area contributed by atoms with Gasteiger partial charge in [-0.15, -0.1) is 10.2 Å². The second-order valence-electron chi connectivity index (χ2n) is 7.86.